The molecule has 2 aromatic rings. The van der Waals surface area contributed by atoms with Crippen molar-refractivity contribution in [1.29, 1.82) is 0 Å². The Bertz CT molecular complexity index is 726. The van der Waals surface area contributed by atoms with Crippen LogP contribution in [0.15, 0.2) is 28.1 Å². The minimum absolute atomic E-state index is 0.213. The van der Waals surface area contributed by atoms with E-state index < -0.39 is 10.0 Å². The van der Waals surface area contributed by atoms with Gasteiger partial charge in [-0.2, -0.15) is 0 Å². The summed E-state index contributed by atoms with van der Waals surface area (Å²) < 4.78 is 25.4. The third-order valence-electron chi connectivity index (χ3n) is 2.48. The van der Waals surface area contributed by atoms with Crippen molar-refractivity contribution in [1.82, 2.24) is 19.7 Å². The molecule has 9 heteroatoms. The molecule has 7 nitrogen and oxygen atoms in total. The number of rotatable bonds is 4. The van der Waals surface area contributed by atoms with Gasteiger partial charge in [-0.15, -0.1) is 10.2 Å². The van der Waals surface area contributed by atoms with Crippen molar-refractivity contribution in [2.24, 2.45) is 11.1 Å². The van der Waals surface area contributed by atoms with Crippen LogP contribution in [0.3, 0.4) is 0 Å². The lowest BCUT2D eigenvalue weighted by molar-refractivity contribution is 0.486. The van der Waals surface area contributed by atoms with Gasteiger partial charge in [-0.05, 0) is 27.9 Å². The maximum atomic E-state index is 11.6. The molecule has 108 valence electrons. The van der Waals surface area contributed by atoms with Crippen LogP contribution >= 0.6 is 15.9 Å². The second-order valence-corrected chi connectivity index (χ2v) is 7.12. The molecule has 20 heavy (non-hydrogen) atoms. The lowest BCUT2D eigenvalue weighted by atomic mass is 10.2. The van der Waals surface area contributed by atoms with E-state index in [2.05, 4.69) is 31.1 Å². The number of halogens is 1. The summed E-state index contributed by atoms with van der Waals surface area (Å²) in [5.74, 6) is 0.641. The molecule has 0 saturated carbocycles. The molecule has 0 fully saturated rings. The van der Waals surface area contributed by atoms with E-state index >= 15 is 0 Å². The topological polar surface area (TPSA) is 104 Å². The quantitative estimate of drug-likeness (QED) is 0.888. The lowest BCUT2D eigenvalue weighted by Gasteiger charge is -2.11. The Hall–Kier alpha value is -1.32. The molecule has 0 radical (unpaired) electrons. The van der Waals surface area contributed by atoms with Crippen molar-refractivity contribution in [2.75, 3.05) is 0 Å². The van der Waals surface area contributed by atoms with Crippen LogP contribution < -0.4 is 5.14 Å². The summed E-state index contributed by atoms with van der Waals surface area (Å²) in [6.07, 6.45) is 3.23. The fourth-order valence-corrected chi connectivity index (χ4v) is 2.76. The van der Waals surface area contributed by atoms with Gasteiger partial charge in [0.25, 0.3) is 15.2 Å². The third-order valence-corrected chi connectivity index (χ3v) is 3.73. The zero-order valence-corrected chi connectivity index (χ0v) is 13.4. The second kappa shape index (κ2) is 5.58. The molecule has 0 atom stereocenters. The molecule has 0 amide bonds. The van der Waals surface area contributed by atoms with Crippen molar-refractivity contribution in [2.45, 2.75) is 25.5 Å². The molecule has 2 heterocycles. The van der Waals surface area contributed by atoms with Crippen LogP contribution in [0.4, 0.5) is 0 Å². The Morgan fingerprint density at radius 2 is 2.05 bits per heavy atom. The third kappa shape index (κ3) is 3.22. The summed E-state index contributed by atoms with van der Waals surface area (Å²) in [6.45, 7) is 4.38. The van der Waals surface area contributed by atoms with E-state index in [0.717, 1.165) is 4.47 Å². The van der Waals surface area contributed by atoms with E-state index in [1.165, 1.54) is 4.57 Å². The first-order valence-corrected chi connectivity index (χ1v) is 8.20. The fourth-order valence-electron chi connectivity index (χ4n) is 1.78. The van der Waals surface area contributed by atoms with Crippen LogP contribution in [-0.4, -0.2) is 28.2 Å². The van der Waals surface area contributed by atoms with Crippen LogP contribution in [-0.2, 0) is 16.6 Å². The first kappa shape index (κ1) is 15.1. The van der Waals surface area contributed by atoms with E-state index in [1.54, 1.807) is 18.5 Å². The van der Waals surface area contributed by atoms with Gasteiger partial charge in [-0.1, -0.05) is 13.8 Å². The van der Waals surface area contributed by atoms with Gasteiger partial charge in [-0.3, -0.25) is 9.55 Å². The molecule has 0 aromatic carbocycles. The van der Waals surface area contributed by atoms with Gasteiger partial charge in [0.2, 0.25) is 0 Å². The molecule has 0 aliphatic carbocycles. The molecule has 0 saturated heterocycles. The summed E-state index contributed by atoms with van der Waals surface area (Å²) in [5, 5.41) is 12.6. The van der Waals surface area contributed by atoms with E-state index in [0.29, 0.717) is 17.9 Å². The molecule has 0 unspecified atom stereocenters. The Morgan fingerprint density at radius 3 is 2.60 bits per heavy atom. The van der Waals surface area contributed by atoms with Crippen LogP contribution in [0.25, 0.3) is 11.4 Å². The lowest BCUT2D eigenvalue weighted by Crippen LogP contribution is -2.20. The normalized spacial score (nSPS) is 12.1. The average molecular weight is 360 g/mol. The van der Waals surface area contributed by atoms with Gasteiger partial charge >= 0.3 is 0 Å². The highest BCUT2D eigenvalue weighted by atomic mass is 79.9. The highest BCUT2D eigenvalue weighted by molar-refractivity contribution is 9.10. The Morgan fingerprint density at radius 1 is 1.35 bits per heavy atom. The SMILES string of the molecule is CC(C)Cn1c(-c2cncc(Br)c2)nnc1S(N)(=O)=O. The largest absolute Gasteiger partial charge is 0.296 e. The standard InChI is InChI=1S/C11H14BrN5O2S/c1-7(2)6-17-10(8-3-9(12)5-14-4-8)15-16-11(17)20(13,18)19/h3-5,7H,6H2,1-2H3,(H2,13,18,19). The number of primary sulfonamides is 1. The summed E-state index contributed by atoms with van der Waals surface area (Å²) >= 11 is 3.32. The van der Waals surface area contributed by atoms with Crippen molar-refractivity contribution < 1.29 is 8.42 Å². The molecular weight excluding hydrogens is 346 g/mol. The van der Waals surface area contributed by atoms with Crippen molar-refractivity contribution in [3.8, 4) is 11.4 Å². The zero-order chi connectivity index (χ0) is 14.9. The minimum atomic E-state index is -3.92. The van der Waals surface area contributed by atoms with E-state index in [-0.39, 0.29) is 11.1 Å². The van der Waals surface area contributed by atoms with Gasteiger partial charge in [-0.25, -0.2) is 13.6 Å². The Kier molecular flexibility index (Phi) is 4.21. The maximum absolute atomic E-state index is 11.6. The van der Waals surface area contributed by atoms with Gasteiger partial charge < -0.3 is 0 Å². The summed E-state index contributed by atoms with van der Waals surface area (Å²) in [7, 11) is -3.92. The number of pyridine rings is 1. The Balaban J connectivity index is 2.62. The first-order valence-electron chi connectivity index (χ1n) is 5.86. The van der Waals surface area contributed by atoms with Gasteiger partial charge in [0, 0.05) is 29.0 Å². The average Bonchev–Trinajstić information content (AvgIpc) is 2.71. The van der Waals surface area contributed by atoms with E-state index in [1.807, 2.05) is 13.8 Å². The number of sulfonamides is 1. The molecule has 2 rings (SSSR count). The van der Waals surface area contributed by atoms with Crippen molar-refractivity contribution in [3.63, 3.8) is 0 Å². The highest BCUT2D eigenvalue weighted by Crippen LogP contribution is 2.23. The fraction of sp³-hybridized carbons (Fsp3) is 0.364. The molecule has 0 aliphatic rings. The number of nitrogens with zero attached hydrogens (tertiary/aromatic N) is 4. The second-order valence-electron chi connectivity index (χ2n) is 4.75. The predicted molar refractivity (Wildman–Crippen MR) is 77.2 cm³/mol. The monoisotopic (exact) mass is 359 g/mol. The van der Waals surface area contributed by atoms with Gasteiger partial charge in [0.15, 0.2) is 5.82 Å². The maximum Gasteiger partial charge on any atom is 0.273 e. The smallest absolute Gasteiger partial charge is 0.273 e. The van der Waals surface area contributed by atoms with Crippen molar-refractivity contribution >= 4 is 26.0 Å². The van der Waals surface area contributed by atoms with E-state index in [4.69, 9.17) is 5.14 Å². The number of aromatic nitrogens is 4. The number of hydrogen-bond donors (Lipinski definition) is 1. The predicted octanol–water partition coefficient (Wildman–Crippen LogP) is 1.41. The number of hydrogen-bond acceptors (Lipinski definition) is 5. The van der Waals surface area contributed by atoms with Gasteiger partial charge in [0.05, 0.1) is 0 Å². The molecule has 0 spiro atoms. The number of nitrogens with two attached hydrogens (primary N) is 1. The Labute approximate surface area is 125 Å². The summed E-state index contributed by atoms with van der Waals surface area (Å²) in [5.41, 5.74) is 0.669. The summed E-state index contributed by atoms with van der Waals surface area (Å²) in [6, 6.07) is 1.79. The van der Waals surface area contributed by atoms with E-state index in [9.17, 15) is 8.42 Å². The highest BCUT2D eigenvalue weighted by Gasteiger charge is 2.22. The van der Waals surface area contributed by atoms with Crippen LogP contribution in [0.5, 0.6) is 0 Å². The van der Waals surface area contributed by atoms with Crippen LogP contribution in [0.1, 0.15) is 13.8 Å². The molecule has 0 aliphatic heterocycles. The van der Waals surface area contributed by atoms with Crippen molar-refractivity contribution in [3.05, 3.63) is 22.9 Å². The molecule has 2 aromatic heterocycles. The van der Waals surface area contributed by atoms with Gasteiger partial charge in [0.1, 0.15) is 0 Å². The van der Waals surface area contributed by atoms with Crippen LogP contribution in [0.2, 0.25) is 0 Å². The minimum Gasteiger partial charge on any atom is -0.296 e. The zero-order valence-electron chi connectivity index (χ0n) is 11.0. The first-order chi connectivity index (χ1) is 9.29. The summed E-state index contributed by atoms with van der Waals surface area (Å²) in [4.78, 5) is 4.04. The molecule has 2 N–H and O–H groups in total. The van der Waals surface area contributed by atoms with Crippen LogP contribution in [0, 0.1) is 5.92 Å². The molecular formula is C11H14BrN5O2S. The molecule has 0 bridgehead atoms.